The number of nitrogens with one attached hydrogen (secondary N) is 1. The Morgan fingerprint density at radius 1 is 1.26 bits per heavy atom. The highest BCUT2D eigenvalue weighted by Gasteiger charge is 2.34. The lowest BCUT2D eigenvalue weighted by atomic mass is 10.0. The molecular formula is C22H25FN4O4. The van der Waals surface area contributed by atoms with Crippen LogP contribution in [0.25, 0.3) is 0 Å². The van der Waals surface area contributed by atoms with E-state index < -0.39 is 11.7 Å². The second kappa shape index (κ2) is 8.58. The van der Waals surface area contributed by atoms with Crippen molar-refractivity contribution in [1.29, 1.82) is 0 Å². The molecule has 1 N–H and O–H groups in total. The molecule has 8 nitrogen and oxygen atoms in total. The zero-order valence-electron chi connectivity index (χ0n) is 17.6. The van der Waals surface area contributed by atoms with Gasteiger partial charge in [0.05, 0.1) is 23.9 Å². The first kappa shape index (κ1) is 21.2. The van der Waals surface area contributed by atoms with E-state index in [2.05, 4.69) is 10.2 Å². The largest absolute Gasteiger partial charge is 0.379 e. The Labute approximate surface area is 179 Å². The number of hydrogen-bond acceptors (Lipinski definition) is 5. The van der Waals surface area contributed by atoms with Gasteiger partial charge in [-0.2, -0.15) is 5.10 Å². The molecule has 2 aliphatic rings. The number of halogens is 1. The summed E-state index contributed by atoms with van der Waals surface area (Å²) in [5.74, 6) is -1.28. The first-order valence-corrected chi connectivity index (χ1v) is 10.3. The third-order valence-electron chi connectivity index (χ3n) is 6.15. The number of carbonyl (C=O) groups is 2. The summed E-state index contributed by atoms with van der Waals surface area (Å²) in [4.78, 5) is 40.4. The SMILES string of the molecule is Cc1c(Cc2ccc(F)c(C(=O)N3CCN(C4CCOC4)C(=O)C3)c2)n[nH]c(=O)c1C. The zero-order chi connectivity index (χ0) is 22.1. The average Bonchev–Trinajstić information content (AvgIpc) is 3.29. The molecule has 164 valence electrons. The number of rotatable bonds is 4. The van der Waals surface area contributed by atoms with Crippen molar-refractivity contribution in [2.45, 2.75) is 32.7 Å². The molecule has 0 radical (unpaired) electrons. The molecule has 2 fully saturated rings. The maximum atomic E-state index is 14.5. The number of carbonyl (C=O) groups excluding carboxylic acids is 2. The van der Waals surface area contributed by atoms with Crippen molar-refractivity contribution in [3.63, 3.8) is 0 Å². The minimum absolute atomic E-state index is 0.0568. The molecule has 1 aromatic carbocycles. The van der Waals surface area contributed by atoms with Gasteiger partial charge in [-0.25, -0.2) is 9.49 Å². The van der Waals surface area contributed by atoms with Crippen LogP contribution in [-0.4, -0.2) is 70.7 Å². The van der Waals surface area contributed by atoms with Crippen molar-refractivity contribution in [2.24, 2.45) is 0 Å². The van der Waals surface area contributed by atoms with Gasteiger partial charge in [0.1, 0.15) is 12.4 Å². The summed E-state index contributed by atoms with van der Waals surface area (Å²) in [6.07, 6.45) is 1.15. The molecule has 31 heavy (non-hydrogen) atoms. The number of ether oxygens (including phenoxy) is 1. The van der Waals surface area contributed by atoms with Crippen LogP contribution in [0.4, 0.5) is 4.39 Å². The van der Waals surface area contributed by atoms with E-state index in [1.807, 2.05) is 6.92 Å². The summed E-state index contributed by atoms with van der Waals surface area (Å²) in [5.41, 5.74) is 2.38. The smallest absolute Gasteiger partial charge is 0.267 e. The lowest BCUT2D eigenvalue weighted by Gasteiger charge is -2.37. The van der Waals surface area contributed by atoms with Crippen LogP contribution in [0.2, 0.25) is 0 Å². The van der Waals surface area contributed by atoms with E-state index in [9.17, 15) is 18.8 Å². The molecular weight excluding hydrogens is 403 g/mol. The van der Waals surface area contributed by atoms with Crippen molar-refractivity contribution in [1.82, 2.24) is 20.0 Å². The van der Waals surface area contributed by atoms with Gasteiger partial charge in [0.2, 0.25) is 5.91 Å². The summed E-state index contributed by atoms with van der Waals surface area (Å²) in [5, 5.41) is 6.55. The highest BCUT2D eigenvalue weighted by atomic mass is 19.1. The highest BCUT2D eigenvalue weighted by molar-refractivity contribution is 5.97. The number of benzene rings is 1. The molecule has 2 amide bonds. The standard InChI is InChI=1S/C22H25FN4O4/c1-13-14(2)21(29)25-24-19(13)10-15-3-4-18(23)17(9-15)22(30)26-6-7-27(20(28)11-26)16-5-8-31-12-16/h3-4,9,16H,5-8,10-12H2,1-2H3,(H,25,29). The number of nitrogens with zero attached hydrogens (tertiary/aromatic N) is 3. The molecule has 0 spiro atoms. The molecule has 1 unspecified atom stereocenters. The van der Waals surface area contributed by atoms with Crippen LogP contribution in [0.1, 0.15) is 39.2 Å². The minimum atomic E-state index is -0.629. The number of piperazine rings is 1. The van der Waals surface area contributed by atoms with Crippen LogP contribution in [0.15, 0.2) is 23.0 Å². The molecule has 0 bridgehead atoms. The first-order chi connectivity index (χ1) is 14.8. The van der Waals surface area contributed by atoms with Crippen molar-refractivity contribution >= 4 is 11.8 Å². The van der Waals surface area contributed by atoms with E-state index in [1.54, 1.807) is 17.9 Å². The van der Waals surface area contributed by atoms with Gasteiger partial charge in [0, 0.05) is 31.7 Å². The van der Waals surface area contributed by atoms with Gasteiger partial charge in [-0.15, -0.1) is 0 Å². The second-order valence-electron chi connectivity index (χ2n) is 8.07. The molecule has 1 atom stereocenters. The van der Waals surface area contributed by atoms with E-state index in [0.29, 0.717) is 49.5 Å². The van der Waals surface area contributed by atoms with E-state index in [0.717, 1.165) is 12.0 Å². The van der Waals surface area contributed by atoms with Gasteiger partial charge in [-0.05, 0) is 43.5 Å². The van der Waals surface area contributed by atoms with Gasteiger partial charge in [-0.1, -0.05) is 6.07 Å². The summed E-state index contributed by atoms with van der Waals surface area (Å²) in [6, 6.07) is 4.41. The van der Waals surface area contributed by atoms with Gasteiger partial charge >= 0.3 is 0 Å². The van der Waals surface area contributed by atoms with Crippen molar-refractivity contribution in [3.8, 4) is 0 Å². The fourth-order valence-electron chi connectivity index (χ4n) is 4.07. The van der Waals surface area contributed by atoms with Gasteiger partial charge in [-0.3, -0.25) is 14.4 Å². The molecule has 0 saturated carbocycles. The number of H-pyrrole nitrogens is 1. The maximum absolute atomic E-state index is 14.5. The van der Waals surface area contributed by atoms with Gasteiger partial charge < -0.3 is 14.5 Å². The fraction of sp³-hybridized carbons (Fsp3) is 0.455. The number of aromatic nitrogens is 2. The lowest BCUT2D eigenvalue weighted by Crippen LogP contribution is -2.55. The van der Waals surface area contributed by atoms with Crippen molar-refractivity contribution < 1.29 is 18.7 Å². The van der Waals surface area contributed by atoms with Gasteiger partial charge in [0.15, 0.2) is 0 Å². The Hall–Kier alpha value is -3.07. The summed E-state index contributed by atoms with van der Waals surface area (Å²) < 4.78 is 19.9. The maximum Gasteiger partial charge on any atom is 0.267 e. The van der Waals surface area contributed by atoms with Crippen molar-refractivity contribution in [2.75, 3.05) is 32.8 Å². The molecule has 3 heterocycles. The third-order valence-corrected chi connectivity index (χ3v) is 6.15. The number of amides is 2. The molecule has 2 saturated heterocycles. The molecule has 2 aromatic rings. The normalized spacial score (nSPS) is 19.2. The monoisotopic (exact) mass is 428 g/mol. The number of hydrogen-bond donors (Lipinski definition) is 1. The third kappa shape index (κ3) is 4.23. The lowest BCUT2D eigenvalue weighted by molar-refractivity contribution is -0.137. The molecule has 2 aliphatic heterocycles. The molecule has 0 aliphatic carbocycles. The van der Waals surface area contributed by atoms with E-state index in [-0.39, 0.29) is 29.6 Å². The van der Waals surface area contributed by atoms with E-state index in [4.69, 9.17) is 4.74 Å². The fourth-order valence-corrected chi connectivity index (χ4v) is 4.07. The molecule has 4 rings (SSSR count). The second-order valence-corrected chi connectivity index (χ2v) is 8.07. The quantitative estimate of drug-likeness (QED) is 0.789. The highest BCUT2D eigenvalue weighted by Crippen LogP contribution is 2.20. The Bertz CT molecular complexity index is 1080. The predicted molar refractivity (Wildman–Crippen MR) is 110 cm³/mol. The van der Waals surface area contributed by atoms with E-state index in [1.165, 1.54) is 17.0 Å². The Balaban J connectivity index is 1.51. The minimum Gasteiger partial charge on any atom is -0.379 e. The summed E-state index contributed by atoms with van der Waals surface area (Å²) in [7, 11) is 0. The average molecular weight is 428 g/mol. The zero-order valence-corrected chi connectivity index (χ0v) is 17.6. The molecule has 9 heteroatoms. The Morgan fingerprint density at radius 3 is 2.77 bits per heavy atom. The summed E-state index contributed by atoms with van der Waals surface area (Å²) in [6.45, 7) is 5.38. The topological polar surface area (TPSA) is 95.6 Å². The van der Waals surface area contributed by atoms with E-state index >= 15 is 0 Å². The van der Waals surface area contributed by atoms with Crippen molar-refractivity contribution in [3.05, 3.63) is 62.3 Å². The summed E-state index contributed by atoms with van der Waals surface area (Å²) >= 11 is 0. The van der Waals surface area contributed by atoms with Crippen LogP contribution in [0.3, 0.4) is 0 Å². The first-order valence-electron chi connectivity index (χ1n) is 10.3. The van der Waals surface area contributed by atoms with Crippen LogP contribution < -0.4 is 5.56 Å². The van der Waals surface area contributed by atoms with Gasteiger partial charge in [0.25, 0.3) is 11.5 Å². The van der Waals surface area contributed by atoms with Crippen LogP contribution >= 0.6 is 0 Å². The van der Waals surface area contributed by atoms with Crippen LogP contribution in [0, 0.1) is 19.7 Å². The molecule has 1 aromatic heterocycles. The Morgan fingerprint density at radius 2 is 2.06 bits per heavy atom. The predicted octanol–water partition coefficient (Wildman–Crippen LogP) is 1.19. The van der Waals surface area contributed by atoms with Crippen LogP contribution in [0.5, 0.6) is 0 Å². The van der Waals surface area contributed by atoms with Crippen LogP contribution in [-0.2, 0) is 16.0 Å². The Kier molecular flexibility index (Phi) is 5.86. The number of aromatic amines is 1.